The van der Waals surface area contributed by atoms with Crippen LogP contribution >= 0.6 is 11.6 Å². The third-order valence-electron chi connectivity index (χ3n) is 3.51. The molecule has 1 aliphatic rings. The second-order valence-corrected chi connectivity index (χ2v) is 5.16. The maximum atomic E-state index is 13.8. The Morgan fingerprint density at radius 3 is 2.74 bits per heavy atom. The summed E-state index contributed by atoms with van der Waals surface area (Å²) in [6.07, 6.45) is 3.44. The number of carbonyl (C=O) groups is 1. The van der Waals surface area contributed by atoms with Crippen LogP contribution in [0.1, 0.15) is 36.0 Å². The molecular weight excluding hydrogens is 269 g/mol. The second-order valence-electron chi connectivity index (χ2n) is 4.76. The lowest BCUT2D eigenvalue weighted by Crippen LogP contribution is -2.45. The van der Waals surface area contributed by atoms with Crippen LogP contribution in [0.15, 0.2) is 18.2 Å². The van der Waals surface area contributed by atoms with Gasteiger partial charge in [0, 0.05) is 19.2 Å². The molecule has 19 heavy (non-hydrogen) atoms. The van der Waals surface area contributed by atoms with Crippen LogP contribution in [0.2, 0.25) is 5.02 Å². The Morgan fingerprint density at radius 1 is 1.47 bits per heavy atom. The van der Waals surface area contributed by atoms with Crippen molar-refractivity contribution in [2.24, 2.45) is 0 Å². The standard InChI is InChI=1S/C14H17ClFNO2/c15-11-6-2-7-12(16)13(11)14(19)17(8-3-9-18)10-4-1-5-10/h2,6-7,10,18H,1,3-5,8-9H2. The molecule has 0 bridgehead atoms. The molecule has 1 amide bonds. The van der Waals surface area contributed by atoms with Gasteiger partial charge in [-0.25, -0.2) is 4.39 Å². The largest absolute Gasteiger partial charge is 0.396 e. The molecule has 1 fully saturated rings. The van der Waals surface area contributed by atoms with Gasteiger partial charge in [0.25, 0.3) is 5.91 Å². The molecule has 1 saturated carbocycles. The van der Waals surface area contributed by atoms with Crippen LogP contribution in [0.4, 0.5) is 4.39 Å². The van der Waals surface area contributed by atoms with Gasteiger partial charge in [0.15, 0.2) is 0 Å². The Balaban J connectivity index is 2.22. The molecule has 2 rings (SSSR count). The van der Waals surface area contributed by atoms with Crippen molar-refractivity contribution in [3.63, 3.8) is 0 Å². The van der Waals surface area contributed by atoms with Crippen molar-refractivity contribution >= 4 is 17.5 Å². The zero-order chi connectivity index (χ0) is 13.8. The minimum atomic E-state index is -0.592. The first-order chi connectivity index (χ1) is 9.15. The number of amides is 1. The smallest absolute Gasteiger partial charge is 0.258 e. The monoisotopic (exact) mass is 285 g/mol. The Morgan fingerprint density at radius 2 is 2.21 bits per heavy atom. The number of nitrogens with zero attached hydrogens (tertiary/aromatic N) is 1. The van der Waals surface area contributed by atoms with Crippen molar-refractivity contribution in [3.8, 4) is 0 Å². The van der Waals surface area contributed by atoms with E-state index in [1.165, 1.54) is 18.2 Å². The number of aliphatic hydroxyl groups is 1. The first-order valence-electron chi connectivity index (χ1n) is 6.51. The lowest BCUT2D eigenvalue weighted by atomic mass is 9.90. The highest BCUT2D eigenvalue weighted by Gasteiger charge is 2.31. The van der Waals surface area contributed by atoms with Crippen molar-refractivity contribution in [1.29, 1.82) is 0 Å². The molecule has 3 nitrogen and oxygen atoms in total. The second kappa shape index (κ2) is 6.35. The van der Waals surface area contributed by atoms with E-state index < -0.39 is 5.82 Å². The van der Waals surface area contributed by atoms with Gasteiger partial charge in [-0.3, -0.25) is 4.79 Å². The van der Waals surface area contributed by atoms with Crippen molar-refractivity contribution in [2.75, 3.05) is 13.2 Å². The number of halogens is 2. The van der Waals surface area contributed by atoms with E-state index in [0.717, 1.165) is 19.3 Å². The molecule has 1 aliphatic carbocycles. The predicted octanol–water partition coefficient (Wildman–Crippen LogP) is 2.86. The summed E-state index contributed by atoms with van der Waals surface area (Å²) in [7, 11) is 0. The number of rotatable bonds is 5. The highest BCUT2D eigenvalue weighted by molar-refractivity contribution is 6.33. The molecule has 0 unspecified atom stereocenters. The zero-order valence-electron chi connectivity index (χ0n) is 10.6. The molecule has 0 aromatic heterocycles. The third kappa shape index (κ3) is 3.07. The Bertz CT molecular complexity index is 443. The maximum absolute atomic E-state index is 13.8. The van der Waals surface area contributed by atoms with E-state index in [4.69, 9.17) is 16.7 Å². The fraction of sp³-hybridized carbons (Fsp3) is 0.500. The summed E-state index contributed by atoms with van der Waals surface area (Å²) in [5.74, 6) is -0.966. The van der Waals surface area contributed by atoms with Crippen molar-refractivity contribution in [2.45, 2.75) is 31.7 Å². The Hall–Kier alpha value is -1.13. The zero-order valence-corrected chi connectivity index (χ0v) is 11.4. The van der Waals surface area contributed by atoms with Crippen LogP contribution < -0.4 is 0 Å². The summed E-state index contributed by atoms with van der Waals surface area (Å²) in [6.45, 7) is 0.451. The van der Waals surface area contributed by atoms with Gasteiger partial charge in [-0.15, -0.1) is 0 Å². The van der Waals surface area contributed by atoms with Crippen molar-refractivity contribution in [3.05, 3.63) is 34.6 Å². The summed E-state index contributed by atoms with van der Waals surface area (Å²) >= 11 is 5.93. The number of benzene rings is 1. The lowest BCUT2D eigenvalue weighted by molar-refractivity contribution is 0.0558. The average Bonchev–Trinajstić information content (AvgIpc) is 2.31. The van der Waals surface area contributed by atoms with Crippen LogP contribution in [0.3, 0.4) is 0 Å². The normalized spacial score (nSPS) is 15.1. The van der Waals surface area contributed by atoms with Crippen LogP contribution in [0.5, 0.6) is 0 Å². The van der Waals surface area contributed by atoms with Gasteiger partial charge in [0.2, 0.25) is 0 Å². The molecule has 0 aliphatic heterocycles. The van der Waals surface area contributed by atoms with E-state index in [1.54, 1.807) is 4.90 Å². The highest BCUT2D eigenvalue weighted by Crippen LogP contribution is 2.29. The summed E-state index contributed by atoms with van der Waals surface area (Å²) in [6, 6.07) is 4.39. The van der Waals surface area contributed by atoms with Gasteiger partial charge >= 0.3 is 0 Å². The molecule has 0 heterocycles. The molecule has 0 saturated heterocycles. The van der Waals surface area contributed by atoms with Crippen LogP contribution in [-0.2, 0) is 0 Å². The average molecular weight is 286 g/mol. The fourth-order valence-corrected chi connectivity index (χ4v) is 2.48. The van der Waals surface area contributed by atoms with Gasteiger partial charge in [-0.1, -0.05) is 17.7 Å². The first kappa shape index (κ1) is 14.3. The minimum absolute atomic E-state index is 0.0154. The van der Waals surface area contributed by atoms with Gasteiger partial charge in [0.1, 0.15) is 5.82 Å². The molecular formula is C14H17ClFNO2. The molecule has 104 valence electrons. The van der Waals surface area contributed by atoms with Crippen molar-refractivity contribution in [1.82, 2.24) is 4.90 Å². The maximum Gasteiger partial charge on any atom is 0.258 e. The molecule has 5 heteroatoms. The summed E-state index contributed by atoms with van der Waals surface area (Å²) < 4.78 is 13.8. The van der Waals surface area contributed by atoms with E-state index in [1.807, 2.05) is 0 Å². The van der Waals surface area contributed by atoms with Crippen molar-refractivity contribution < 1.29 is 14.3 Å². The number of hydrogen-bond donors (Lipinski definition) is 1. The van der Waals surface area contributed by atoms with E-state index >= 15 is 0 Å². The summed E-state index contributed by atoms with van der Waals surface area (Å²) in [5.41, 5.74) is -0.0611. The quantitative estimate of drug-likeness (QED) is 0.904. The lowest BCUT2D eigenvalue weighted by Gasteiger charge is -2.37. The van der Waals surface area contributed by atoms with Crippen LogP contribution in [0, 0.1) is 5.82 Å². The molecule has 1 aromatic rings. The fourth-order valence-electron chi connectivity index (χ4n) is 2.24. The van der Waals surface area contributed by atoms with E-state index in [0.29, 0.717) is 13.0 Å². The van der Waals surface area contributed by atoms with E-state index in [-0.39, 0.29) is 29.1 Å². The Kier molecular flexibility index (Phi) is 4.77. The van der Waals surface area contributed by atoms with E-state index in [9.17, 15) is 9.18 Å². The van der Waals surface area contributed by atoms with Gasteiger partial charge in [-0.2, -0.15) is 0 Å². The number of carbonyl (C=O) groups excluding carboxylic acids is 1. The molecule has 0 spiro atoms. The van der Waals surface area contributed by atoms with Gasteiger partial charge in [0.05, 0.1) is 10.6 Å². The van der Waals surface area contributed by atoms with E-state index in [2.05, 4.69) is 0 Å². The topological polar surface area (TPSA) is 40.5 Å². The van der Waals surface area contributed by atoms with Gasteiger partial charge < -0.3 is 10.0 Å². The Labute approximate surface area is 117 Å². The third-order valence-corrected chi connectivity index (χ3v) is 3.83. The first-order valence-corrected chi connectivity index (χ1v) is 6.88. The number of hydrogen-bond acceptors (Lipinski definition) is 2. The van der Waals surface area contributed by atoms with Crippen LogP contribution in [0.25, 0.3) is 0 Å². The minimum Gasteiger partial charge on any atom is -0.396 e. The SMILES string of the molecule is O=C(c1c(F)cccc1Cl)N(CCCO)C1CCC1. The highest BCUT2D eigenvalue weighted by atomic mass is 35.5. The number of aliphatic hydroxyl groups excluding tert-OH is 1. The summed E-state index contributed by atoms with van der Waals surface area (Å²) in [4.78, 5) is 14.1. The van der Waals surface area contributed by atoms with Gasteiger partial charge in [-0.05, 0) is 37.8 Å². The molecule has 1 N–H and O–H groups in total. The summed E-state index contributed by atoms with van der Waals surface area (Å²) in [5, 5.41) is 9.05. The molecule has 0 radical (unpaired) electrons. The molecule has 1 aromatic carbocycles. The predicted molar refractivity (Wildman–Crippen MR) is 71.8 cm³/mol. The molecule has 0 atom stereocenters. The van der Waals surface area contributed by atoms with Crippen LogP contribution in [-0.4, -0.2) is 35.1 Å².